The highest BCUT2D eigenvalue weighted by molar-refractivity contribution is 5.85. The molecule has 1 amide bonds. The first-order valence-corrected chi connectivity index (χ1v) is 7.43. The minimum absolute atomic E-state index is 0.0543. The molecule has 1 fully saturated rings. The number of carbonyl (C=O) groups excluding carboxylic acids is 1. The summed E-state index contributed by atoms with van der Waals surface area (Å²) in [6.07, 6.45) is 0.564. The Morgan fingerprint density at radius 2 is 2.14 bits per heavy atom. The van der Waals surface area contributed by atoms with Crippen molar-refractivity contribution >= 4 is 11.9 Å². The van der Waals surface area contributed by atoms with E-state index < -0.39 is 12.0 Å². The van der Waals surface area contributed by atoms with Gasteiger partial charge in [0, 0.05) is 25.2 Å². The third-order valence-electron chi connectivity index (χ3n) is 4.29. The maximum absolute atomic E-state index is 12.6. The Morgan fingerprint density at radius 1 is 1.45 bits per heavy atom. The highest BCUT2D eigenvalue weighted by Gasteiger charge is 2.35. The zero-order valence-electron chi connectivity index (χ0n) is 13.5. The van der Waals surface area contributed by atoms with Gasteiger partial charge in [-0.1, -0.05) is 6.92 Å². The van der Waals surface area contributed by atoms with Crippen molar-refractivity contribution in [2.45, 2.75) is 33.2 Å². The van der Waals surface area contributed by atoms with Crippen LogP contribution in [0.25, 0.3) is 0 Å². The fourth-order valence-corrected chi connectivity index (χ4v) is 2.86. The van der Waals surface area contributed by atoms with Gasteiger partial charge < -0.3 is 14.7 Å². The van der Waals surface area contributed by atoms with E-state index in [-0.39, 0.29) is 18.4 Å². The summed E-state index contributed by atoms with van der Waals surface area (Å²) in [5, 5.41) is 13.6. The lowest BCUT2D eigenvalue weighted by Crippen LogP contribution is -2.54. The molecule has 1 N–H and O–H groups in total. The van der Waals surface area contributed by atoms with E-state index in [0.717, 1.165) is 17.0 Å². The number of hydrogen-bond donors (Lipinski definition) is 1. The molecule has 1 aromatic rings. The molecule has 2 rings (SSSR count). The smallest absolute Gasteiger partial charge is 0.328 e. The number of carbonyl (C=O) groups is 2. The number of aromatic nitrogens is 2. The summed E-state index contributed by atoms with van der Waals surface area (Å²) in [6.45, 7) is 6.50. The molecule has 1 aliphatic heterocycles. The molecule has 2 atom stereocenters. The first-order chi connectivity index (χ1) is 10.3. The monoisotopic (exact) mass is 309 g/mol. The van der Waals surface area contributed by atoms with Crippen LogP contribution in [0.5, 0.6) is 0 Å². The van der Waals surface area contributed by atoms with Gasteiger partial charge in [0.25, 0.3) is 0 Å². The molecule has 0 aromatic carbocycles. The second-order valence-corrected chi connectivity index (χ2v) is 5.84. The van der Waals surface area contributed by atoms with Crippen molar-refractivity contribution in [3.63, 3.8) is 0 Å². The predicted octanol–water partition coefficient (Wildman–Crippen LogP) is 0.528. The van der Waals surface area contributed by atoms with Crippen LogP contribution >= 0.6 is 0 Å². The number of carboxylic acid groups (broad SMARTS) is 1. The fourth-order valence-electron chi connectivity index (χ4n) is 2.86. The number of nitrogens with zero attached hydrogens (tertiary/aromatic N) is 3. The molecule has 0 bridgehead atoms. The SMILES string of the molecule is Cc1nn(C)c(C)c1C[C@H](C)C(=O)N1CCOC[C@@H]1C(=O)O. The van der Waals surface area contributed by atoms with E-state index in [1.54, 1.807) is 4.68 Å². The van der Waals surface area contributed by atoms with Crippen molar-refractivity contribution in [2.24, 2.45) is 13.0 Å². The topological polar surface area (TPSA) is 84.7 Å². The lowest BCUT2D eigenvalue weighted by atomic mass is 9.97. The quantitative estimate of drug-likeness (QED) is 0.877. The van der Waals surface area contributed by atoms with Crippen LogP contribution in [-0.2, 0) is 27.8 Å². The van der Waals surface area contributed by atoms with Crippen LogP contribution in [0, 0.1) is 19.8 Å². The minimum Gasteiger partial charge on any atom is -0.480 e. The Morgan fingerprint density at radius 3 is 2.68 bits per heavy atom. The number of hydrogen-bond acceptors (Lipinski definition) is 4. The number of amides is 1. The van der Waals surface area contributed by atoms with Gasteiger partial charge in [-0.3, -0.25) is 9.48 Å². The van der Waals surface area contributed by atoms with Crippen molar-refractivity contribution in [2.75, 3.05) is 19.8 Å². The largest absolute Gasteiger partial charge is 0.480 e. The summed E-state index contributed by atoms with van der Waals surface area (Å²) in [7, 11) is 1.88. The molecule has 1 aromatic heterocycles. The Bertz CT molecular complexity index is 582. The molecular weight excluding hydrogens is 286 g/mol. The fraction of sp³-hybridized carbons (Fsp3) is 0.667. The summed E-state index contributed by atoms with van der Waals surface area (Å²) in [6, 6.07) is -0.889. The van der Waals surface area contributed by atoms with Crippen LogP contribution in [0.1, 0.15) is 23.9 Å². The van der Waals surface area contributed by atoms with Crippen LogP contribution in [-0.4, -0.2) is 57.5 Å². The summed E-state index contributed by atoms with van der Waals surface area (Å²) in [5.41, 5.74) is 3.01. The summed E-state index contributed by atoms with van der Waals surface area (Å²) in [5.74, 6) is -1.45. The Labute approximate surface area is 129 Å². The van der Waals surface area contributed by atoms with Crippen molar-refractivity contribution in [1.82, 2.24) is 14.7 Å². The number of aliphatic carboxylic acids is 1. The second kappa shape index (κ2) is 6.48. The predicted molar refractivity (Wildman–Crippen MR) is 79.5 cm³/mol. The van der Waals surface area contributed by atoms with Crippen molar-refractivity contribution < 1.29 is 19.4 Å². The average molecular weight is 309 g/mol. The maximum atomic E-state index is 12.6. The standard InChI is InChI=1S/C15H23N3O4/c1-9(7-12-10(2)16-17(4)11(12)3)14(19)18-5-6-22-8-13(18)15(20)21/h9,13H,5-8H2,1-4H3,(H,20,21)/t9-,13+/m0/s1. The van der Waals surface area contributed by atoms with E-state index in [4.69, 9.17) is 4.74 Å². The van der Waals surface area contributed by atoms with Crippen LogP contribution in [0.4, 0.5) is 0 Å². The molecule has 22 heavy (non-hydrogen) atoms. The first kappa shape index (κ1) is 16.5. The molecule has 0 spiro atoms. The molecule has 0 saturated carbocycles. The molecule has 0 aliphatic carbocycles. The Kier molecular flexibility index (Phi) is 4.85. The molecule has 2 heterocycles. The summed E-state index contributed by atoms with van der Waals surface area (Å²) in [4.78, 5) is 25.3. The lowest BCUT2D eigenvalue weighted by molar-refractivity contribution is -0.160. The highest BCUT2D eigenvalue weighted by Crippen LogP contribution is 2.20. The van der Waals surface area contributed by atoms with Gasteiger partial charge in [-0.2, -0.15) is 5.10 Å². The molecule has 0 unspecified atom stereocenters. The van der Waals surface area contributed by atoms with Crippen LogP contribution < -0.4 is 0 Å². The second-order valence-electron chi connectivity index (χ2n) is 5.84. The molecular formula is C15H23N3O4. The average Bonchev–Trinajstić information content (AvgIpc) is 2.72. The molecule has 1 aliphatic rings. The lowest BCUT2D eigenvalue weighted by Gasteiger charge is -2.34. The van der Waals surface area contributed by atoms with E-state index >= 15 is 0 Å². The van der Waals surface area contributed by atoms with Gasteiger partial charge in [0.15, 0.2) is 6.04 Å². The van der Waals surface area contributed by atoms with Gasteiger partial charge in [-0.05, 0) is 25.8 Å². The normalized spacial score (nSPS) is 20.0. The highest BCUT2D eigenvalue weighted by atomic mass is 16.5. The zero-order chi connectivity index (χ0) is 16.4. The van der Waals surface area contributed by atoms with E-state index in [1.165, 1.54) is 4.90 Å². The molecule has 7 nitrogen and oxygen atoms in total. The summed E-state index contributed by atoms with van der Waals surface area (Å²) < 4.78 is 6.98. The van der Waals surface area contributed by atoms with Gasteiger partial charge in [0.2, 0.25) is 5.91 Å². The first-order valence-electron chi connectivity index (χ1n) is 7.43. The molecule has 1 saturated heterocycles. The van der Waals surface area contributed by atoms with Gasteiger partial charge in [0.05, 0.1) is 18.9 Å². The van der Waals surface area contributed by atoms with Crippen LogP contribution in [0.3, 0.4) is 0 Å². The molecule has 122 valence electrons. The number of aryl methyl sites for hydroxylation is 2. The van der Waals surface area contributed by atoms with Gasteiger partial charge in [-0.15, -0.1) is 0 Å². The number of carboxylic acids is 1. The van der Waals surface area contributed by atoms with E-state index in [2.05, 4.69) is 5.10 Å². The number of morpholine rings is 1. The third kappa shape index (κ3) is 3.14. The Hall–Kier alpha value is -1.89. The molecule has 7 heteroatoms. The zero-order valence-corrected chi connectivity index (χ0v) is 13.5. The molecule has 0 radical (unpaired) electrons. The van der Waals surface area contributed by atoms with Crippen LogP contribution in [0.15, 0.2) is 0 Å². The van der Waals surface area contributed by atoms with Crippen molar-refractivity contribution in [1.29, 1.82) is 0 Å². The Balaban J connectivity index is 2.12. The van der Waals surface area contributed by atoms with E-state index in [1.807, 2.05) is 27.8 Å². The number of ether oxygens (including phenoxy) is 1. The third-order valence-corrected chi connectivity index (χ3v) is 4.29. The van der Waals surface area contributed by atoms with E-state index in [0.29, 0.717) is 19.6 Å². The van der Waals surface area contributed by atoms with Crippen LogP contribution in [0.2, 0.25) is 0 Å². The van der Waals surface area contributed by atoms with Gasteiger partial charge >= 0.3 is 5.97 Å². The van der Waals surface area contributed by atoms with E-state index in [9.17, 15) is 14.7 Å². The number of rotatable bonds is 4. The van der Waals surface area contributed by atoms with Gasteiger partial charge in [0.1, 0.15) is 0 Å². The van der Waals surface area contributed by atoms with Crippen molar-refractivity contribution in [3.05, 3.63) is 17.0 Å². The van der Waals surface area contributed by atoms with Gasteiger partial charge in [-0.25, -0.2) is 4.79 Å². The summed E-state index contributed by atoms with van der Waals surface area (Å²) >= 11 is 0. The minimum atomic E-state index is -1.02. The maximum Gasteiger partial charge on any atom is 0.328 e. The van der Waals surface area contributed by atoms with Crippen molar-refractivity contribution in [3.8, 4) is 0 Å².